The van der Waals surface area contributed by atoms with Crippen molar-refractivity contribution in [1.82, 2.24) is 30.2 Å². The minimum atomic E-state index is -0.0812. The van der Waals surface area contributed by atoms with Gasteiger partial charge in [-0.3, -0.25) is 4.79 Å². The summed E-state index contributed by atoms with van der Waals surface area (Å²) in [6.07, 6.45) is 2.73. The van der Waals surface area contributed by atoms with Crippen LogP contribution in [0, 0.1) is 5.92 Å². The normalized spacial score (nSPS) is 16.5. The van der Waals surface area contributed by atoms with Crippen LogP contribution in [0.1, 0.15) is 16.8 Å². The van der Waals surface area contributed by atoms with Gasteiger partial charge >= 0.3 is 0 Å². The largest absolute Gasteiger partial charge is 0.382 e. The van der Waals surface area contributed by atoms with E-state index < -0.39 is 0 Å². The van der Waals surface area contributed by atoms with Crippen molar-refractivity contribution in [3.63, 3.8) is 0 Å². The highest BCUT2D eigenvalue weighted by Crippen LogP contribution is 2.26. The van der Waals surface area contributed by atoms with Crippen LogP contribution in [0.15, 0.2) is 54.7 Å². The third-order valence-corrected chi connectivity index (χ3v) is 5.88. The molecule has 8 nitrogen and oxygen atoms in total. The second-order valence-electron chi connectivity index (χ2n) is 8.30. The molecule has 1 amide bonds. The average molecular weight is 428 g/mol. The third-order valence-electron chi connectivity index (χ3n) is 5.88. The van der Waals surface area contributed by atoms with Gasteiger partial charge in [-0.15, -0.1) is 0 Å². The van der Waals surface area contributed by atoms with E-state index in [1.807, 2.05) is 48.5 Å². The number of amides is 1. The van der Waals surface area contributed by atoms with Crippen LogP contribution < -0.4 is 11.1 Å². The van der Waals surface area contributed by atoms with Crippen LogP contribution in [0.4, 0.5) is 5.82 Å². The molecular formula is C24H25N7O. The SMILES string of the molecule is CN1CCC(CNC(=O)c2cccc(-c3cnc(N)c(-c4nc5ccccc5[nH]4)n3)c2)C1. The van der Waals surface area contributed by atoms with E-state index in [9.17, 15) is 4.79 Å². The van der Waals surface area contributed by atoms with Gasteiger partial charge in [0.1, 0.15) is 5.69 Å². The molecule has 1 aliphatic rings. The first-order valence-electron chi connectivity index (χ1n) is 10.7. The van der Waals surface area contributed by atoms with Crippen molar-refractivity contribution < 1.29 is 4.79 Å². The van der Waals surface area contributed by atoms with Gasteiger partial charge in [-0.25, -0.2) is 15.0 Å². The first kappa shape index (κ1) is 20.1. The van der Waals surface area contributed by atoms with Crippen LogP contribution in [0.3, 0.4) is 0 Å². The fourth-order valence-corrected chi connectivity index (χ4v) is 4.13. The Morgan fingerprint density at radius 1 is 1.22 bits per heavy atom. The molecule has 1 saturated heterocycles. The Labute approximate surface area is 185 Å². The topological polar surface area (TPSA) is 113 Å². The first-order chi connectivity index (χ1) is 15.6. The van der Waals surface area contributed by atoms with Crippen LogP contribution in [0.25, 0.3) is 33.8 Å². The smallest absolute Gasteiger partial charge is 0.251 e. The maximum Gasteiger partial charge on any atom is 0.251 e. The van der Waals surface area contributed by atoms with Gasteiger partial charge in [0, 0.05) is 24.2 Å². The zero-order chi connectivity index (χ0) is 22.1. The number of H-pyrrole nitrogens is 1. The third kappa shape index (κ3) is 4.04. The number of nitrogens with one attached hydrogen (secondary N) is 2. The molecule has 0 radical (unpaired) electrons. The predicted octanol–water partition coefficient (Wildman–Crippen LogP) is 2.95. The molecule has 5 rings (SSSR count). The molecular weight excluding hydrogens is 402 g/mol. The van der Waals surface area contributed by atoms with Gasteiger partial charge in [-0.2, -0.15) is 0 Å². The summed E-state index contributed by atoms with van der Waals surface area (Å²) in [6, 6.07) is 15.2. The molecule has 1 unspecified atom stereocenters. The molecule has 3 heterocycles. The summed E-state index contributed by atoms with van der Waals surface area (Å²) < 4.78 is 0. The van der Waals surface area contributed by atoms with Gasteiger partial charge in [0.25, 0.3) is 5.91 Å². The summed E-state index contributed by atoms with van der Waals surface area (Å²) in [4.78, 5) is 31.9. The van der Waals surface area contributed by atoms with Crippen LogP contribution in [-0.2, 0) is 0 Å². The molecule has 4 aromatic rings. The van der Waals surface area contributed by atoms with Crippen molar-refractivity contribution in [3.05, 3.63) is 60.3 Å². The Morgan fingerprint density at radius 3 is 2.91 bits per heavy atom. The van der Waals surface area contributed by atoms with Crippen molar-refractivity contribution in [1.29, 1.82) is 0 Å². The number of imidazole rings is 1. The van der Waals surface area contributed by atoms with E-state index in [1.165, 1.54) is 0 Å². The molecule has 2 aromatic heterocycles. The highest BCUT2D eigenvalue weighted by molar-refractivity contribution is 5.95. The molecule has 0 saturated carbocycles. The van der Waals surface area contributed by atoms with E-state index in [1.54, 1.807) is 6.20 Å². The summed E-state index contributed by atoms with van der Waals surface area (Å²) in [5, 5.41) is 3.06. The monoisotopic (exact) mass is 427 g/mol. The van der Waals surface area contributed by atoms with Crippen molar-refractivity contribution in [2.24, 2.45) is 5.92 Å². The molecule has 4 N–H and O–H groups in total. The lowest BCUT2D eigenvalue weighted by Crippen LogP contribution is -2.30. The summed E-state index contributed by atoms with van der Waals surface area (Å²) in [5.74, 6) is 1.28. The Morgan fingerprint density at radius 2 is 2.09 bits per heavy atom. The molecule has 0 aliphatic carbocycles. The lowest BCUT2D eigenvalue weighted by atomic mass is 10.1. The summed E-state index contributed by atoms with van der Waals surface area (Å²) in [5.41, 5.74) is 10.3. The van der Waals surface area contributed by atoms with Crippen molar-refractivity contribution in [2.75, 3.05) is 32.4 Å². The molecule has 1 atom stereocenters. The maximum absolute atomic E-state index is 12.7. The second kappa shape index (κ2) is 8.39. The van der Waals surface area contributed by atoms with Gasteiger partial charge in [0.2, 0.25) is 0 Å². The number of nitrogen functional groups attached to an aromatic ring is 1. The molecule has 0 spiro atoms. The Bertz CT molecular complexity index is 1250. The highest BCUT2D eigenvalue weighted by Gasteiger charge is 2.20. The van der Waals surface area contributed by atoms with Crippen molar-refractivity contribution in [3.8, 4) is 22.8 Å². The lowest BCUT2D eigenvalue weighted by Gasteiger charge is -2.12. The Balaban J connectivity index is 1.39. The fraction of sp³-hybridized carbons (Fsp3) is 0.250. The Hall–Kier alpha value is -3.78. The van der Waals surface area contributed by atoms with Crippen molar-refractivity contribution in [2.45, 2.75) is 6.42 Å². The quantitative estimate of drug-likeness (QED) is 0.451. The first-order valence-corrected chi connectivity index (χ1v) is 10.7. The van der Waals surface area contributed by atoms with Gasteiger partial charge in [-0.1, -0.05) is 24.3 Å². The van der Waals surface area contributed by atoms with Gasteiger partial charge in [-0.05, 0) is 50.2 Å². The molecule has 2 aromatic carbocycles. The number of aromatic amines is 1. The van der Waals surface area contributed by atoms with Gasteiger partial charge in [0.15, 0.2) is 11.6 Å². The maximum atomic E-state index is 12.7. The number of fused-ring (bicyclic) bond motifs is 1. The van der Waals surface area contributed by atoms with Gasteiger partial charge in [0.05, 0.1) is 22.9 Å². The number of anilines is 1. The lowest BCUT2D eigenvalue weighted by molar-refractivity contribution is 0.0947. The summed E-state index contributed by atoms with van der Waals surface area (Å²) in [6.45, 7) is 2.79. The minimum Gasteiger partial charge on any atom is -0.382 e. The summed E-state index contributed by atoms with van der Waals surface area (Å²) in [7, 11) is 2.11. The number of carbonyl (C=O) groups is 1. The fourth-order valence-electron chi connectivity index (χ4n) is 4.13. The number of benzene rings is 2. The predicted molar refractivity (Wildman–Crippen MR) is 125 cm³/mol. The van der Waals surface area contributed by atoms with E-state index in [-0.39, 0.29) is 5.91 Å². The number of likely N-dealkylation sites (tertiary alicyclic amines) is 1. The molecule has 32 heavy (non-hydrogen) atoms. The number of nitrogens with two attached hydrogens (primary N) is 1. The number of hydrogen-bond acceptors (Lipinski definition) is 6. The van der Waals surface area contributed by atoms with E-state index in [0.29, 0.717) is 41.1 Å². The highest BCUT2D eigenvalue weighted by atomic mass is 16.1. The van der Waals surface area contributed by atoms with Crippen LogP contribution in [0.5, 0.6) is 0 Å². The summed E-state index contributed by atoms with van der Waals surface area (Å²) >= 11 is 0. The number of rotatable bonds is 5. The number of para-hydroxylation sites is 2. The van der Waals surface area contributed by atoms with E-state index >= 15 is 0 Å². The number of carbonyl (C=O) groups excluding carboxylic acids is 1. The zero-order valence-corrected chi connectivity index (χ0v) is 17.9. The number of hydrogen-bond donors (Lipinski definition) is 3. The van der Waals surface area contributed by atoms with Crippen LogP contribution in [-0.4, -0.2) is 57.4 Å². The molecule has 162 valence electrons. The van der Waals surface area contributed by atoms with E-state index in [4.69, 9.17) is 10.7 Å². The van der Waals surface area contributed by atoms with Crippen LogP contribution >= 0.6 is 0 Å². The molecule has 1 aliphatic heterocycles. The Kier molecular flexibility index (Phi) is 5.28. The average Bonchev–Trinajstić information content (AvgIpc) is 3.43. The second-order valence-corrected chi connectivity index (χ2v) is 8.30. The molecule has 1 fully saturated rings. The molecule has 8 heteroatoms. The van der Waals surface area contributed by atoms with Crippen LogP contribution in [0.2, 0.25) is 0 Å². The minimum absolute atomic E-state index is 0.0812. The standard InChI is InChI=1S/C24H25N7O/c1-31-10-9-15(14-31)12-27-24(32)17-6-4-5-16(11-17)20-13-26-22(25)21(28-20)23-29-18-7-2-3-8-19(18)30-23/h2-8,11,13,15H,9-10,12,14H2,1H3,(H2,25,26)(H,27,32)(H,29,30). The van der Waals surface area contributed by atoms with E-state index in [2.05, 4.69) is 32.2 Å². The van der Waals surface area contributed by atoms with Crippen molar-refractivity contribution >= 4 is 22.8 Å². The van der Waals surface area contributed by atoms with E-state index in [0.717, 1.165) is 36.1 Å². The number of aromatic nitrogens is 4. The van der Waals surface area contributed by atoms with Gasteiger partial charge < -0.3 is 20.9 Å². The zero-order valence-electron chi connectivity index (χ0n) is 17.9. The molecule has 0 bridgehead atoms. The number of nitrogens with zero attached hydrogens (tertiary/aromatic N) is 4.